The topological polar surface area (TPSA) is 12.5 Å². The minimum absolute atomic E-state index is 0.851. The fourth-order valence-corrected chi connectivity index (χ4v) is 3.10. The van der Waals surface area contributed by atoms with Crippen LogP contribution in [0.15, 0.2) is 47.4 Å². The molecular weight excluding hydrogens is 314 g/mol. The molecule has 0 saturated heterocycles. The highest BCUT2D eigenvalue weighted by Gasteiger charge is 2.16. The first kappa shape index (κ1) is 18.7. The first-order valence-electron chi connectivity index (χ1n) is 8.97. The number of anilines is 1. The number of rotatable bonds is 9. The molecule has 2 rings (SSSR count). The Hall–Kier alpha value is -1.61. The molecule has 2 nitrogen and oxygen atoms in total. The van der Waals surface area contributed by atoms with Gasteiger partial charge in [0.05, 0.1) is 5.69 Å². The average Bonchev–Trinajstić information content (AvgIpc) is 2.58. The number of hydrogen-bond donors (Lipinski definition) is 1. The van der Waals surface area contributed by atoms with E-state index < -0.39 is 0 Å². The van der Waals surface area contributed by atoms with E-state index in [9.17, 15) is 0 Å². The molecule has 0 saturated carbocycles. The molecule has 0 aliphatic heterocycles. The first-order chi connectivity index (χ1) is 11.7. The fraction of sp³-hybridized carbons (Fsp3) is 0.429. The Labute approximate surface area is 152 Å². The van der Waals surface area contributed by atoms with Gasteiger partial charge in [-0.05, 0) is 49.6 Å². The van der Waals surface area contributed by atoms with E-state index >= 15 is 0 Å². The van der Waals surface area contributed by atoms with Gasteiger partial charge < -0.3 is 9.64 Å². The highest BCUT2D eigenvalue weighted by Crippen LogP contribution is 2.39. The van der Waals surface area contributed by atoms with Crippen LogP contribution < -0.4 is 9.64 Å². The molecule has 0 N–H and O–H groups in total. The van der Waals surface area contributed by atoms with Crippen LogP contribution in [0.3, 0.4) is 0 Å². The molecule has 130 valence electrons. The standard InChI is InChI=1S/C21H29NOS/c1-4-6-13-22(14-7-5-2)19-15-17(3)16-20(24)21(19)23-18-11-9-8-10-12-18/h8-12,15-16,24H,4-7,13-14H2,1-3H3. The number of ether oxygens (including phenoxy) is 1. The third-order valence-corrected chi connectivity index (χ3v) is 4.39. The lowest BCUT2D eigenvalue weighted by Gasteiger charge is -2.28. The molecule has 0 aliphatic rings. The van der Waals surface area contributed by atoms with Gasteiger partial charge in [0.2, 0.25) is 0 Å². The molecule has 0 aliphatic carbocycles. The Kier molecular flexibility index (Phi) is 7.51. The Balaban J connectivity index is 2.37. The second kappa shape index (κ2) is 9.63. The Morgan fingerprint density at radius 1 is 0.958 bits per heavy atom. The van der Waals surface area contributed by atoms with Crippen molar-refractivity contribution < 1.29 is 4.74 Å². The molecule has 0 heterocycles. The molecule has 0 unspecified atom stereocenters. The number of nitrogens with zero attached hydrogens (tertiary/aromatic N) is 1. The van der Waals surface area contributed by atoms with E-state index in [0.29, 0.717) is 0 Å². The zero-order chi connectivity index (χ0) is 17.4. The van der Waals surface area contributed by atoms with E-state index in [0.717, 1.165) is 35.2 Å². The fourth-order valence-electron chi connectivity index (χ4n) is 2.73. The first-order valence-corrected chi connectivity index (χ1v) is 9.41. The molecule has 0 radical (unpaired) electrons. The van der Waals surface area contributed by atoms with Crippen molar-refractivity contribution in [1.82, 2.24) is 0 Å². The predicted octanol–water partition coefficient (Wildman–Crippen LogP) is 6.48. The van der Waals surface area contributed by atoms with E-state index in [-0.39, 0.29) is 0 Å². The Bertz CT molecular complexity index is 619. The van der Waals surface area contributed by atoms with E-state index in [1.165, 1.54) is 31.2 Å². The van der Waals surface area contributed by atoms with Gasteiger partial charge in [0.25, 0.3) is 0 Å². The number of hydrogen-bond acceptors (Lipinski definition) is 3. The van der Waals surface area contributed by atoms with Crippen LogP contribution in [0.2, 0.25) is 0 Å². The molecule has 0 fully saturated rings. The van der Waals surface area contributed by atoms with Crippen LogP contribution in [0.25, 0.3) is 0 Å². The van der Waals surface area contributed by atoms with E-state index in [1.807, 2.05) is 30.3 Å². The van der Waals surface area contributed by atoms with Gasteiger partial charge in [-0.2, -0.15) is 0 Å². The van der Waals surface area contributed by atoms with Crippen molar-refractivity contribution in [3.63, 3.8) is 0 Å². The maximum absolute atomic E-state index is 6.22. The maximum atomic E-state index is 6.22. The predicted molar refractivity (Wildman–Crippen MR) is 107 cm³/mol. The van der Waals surface area contributed by atoms with Crippen LogP contribution in [0, 0.1) is 6.92 Å². The molecule has 3 heteroatoms. The van der Waals surface area contributed by atoms with Crippen LogP contribution in [-0.4, -0.2) is 13.1 Å². The summed E-state index contributed by atoms with van der Waals surface area (Å²) in [6.45, 7) is 8.70. The third-order valence-electron chi connectivity index (χ3n) is 4.06. The SMILES string of the molecule is CCCCN(CCCC)c1cc(C)cc(S)c1Oc1ccccc1. The zero-order valence-electron chi connectivity index (χ0n) is 15.1. The van der Waals surface area contributed by atoms with Crippen LogP contribution in [-0.2, 0) is 0 Å². The van der Waals surface area contributed by atoms with Crippen LogP contribution in [0.5, 0.6) is 11.5 Å². The van der Waals surface area contributed by atoms with E-state index in [1.54, 1.807) is 0 Å². The van der Waals surface area contributed by atoms with Crippen molar-refractivity contribution in [2.24, 2.45) is 0 Å². The number of aryl methyl sites for hydroxylation is 1. The van der Waals surface area contributed by atoms with Gasteiger partial charge in [0.1, 0.15) is 5.75 Å². The third kappa shape index (κ3) is 5.20. The number of benzene rings is 2. The Morgan fingerprint density at radius 3 is 2.17 bits per heavy atom. The van der Waals surface area contributed by atoms with Crippen molar-refractivity contribution in [3.05, 3.63) is 48.0 Å². The molecule has 24 heavy (non-hydrogen) atoms. The molecule has 0 aromatic heterocycles. The summed E-state index contributed by atoms with van der Waals surface area (Å²) in [7, 11) is 0. The number of unbranched alkanes of at least 4 members (excludes halogenated alkanes) is 2. The van der Waals surface area contributed by atoms with Crippen molar-refractivity contribution in [3.8, 4) is 11.5 Å². The zero-order valence-corrected chi connectivity index (χ0v) is 16.0. The maximum Gasteiger partial charge on any atom is 0.164 e. The van der Waals surface area contributed by atoms with Gasteiger partial charge in [-0.1, -0.05) is 44.9 Å². The molecule has 0 amide bonds. The summed E-state index contributed by atoms with van der Waals surface area (Å²) in [6, 6.07) is 14.3. The van der Waals surface area contributed by atoms with Gasteiger partial charge in [-0.15, -0.1) is 12.6 Å². The lowest BCUT2D eigenvalue weighted by molar-refractivity contribution is 0.469. The molecular formula is C21H29NOS. The highest BCUT2D eigenvalue weighted by atomic mass is 32.1. The summed E-state index contributed by atoms with van der Waals surface area (Å²) in [5.41, 5.74) is 2.37. The lowest BCUT2D eigenvalue weighted by Crippen LogP contribution is -2.26. The van der Waals surface area contributed by atoms with Crippen LogP contribution in [0.4, 0.5) is 5.69 Å². The van der Waals surface area contributed by atoms with Crippen molar-refractivity contribution >= 4 is 18.3 Å². The average molecular weight is 344 g/mol. The second-order valence-electron chi connectivity index (χ2n) is 6.24. The summed E-state index contributed by atoms with van der Waals surface area (Å²) in [5.74, 6) is 1.71. The van der Waals surface area contributed by atoms with Crippen molar-refractivity contribution in [1.29, 1.82) is 0 Å². The summed E-state index contributed by atoms with van der Waals surface area (Å²) in [5, 5.41) is 0. The monoisotopic (exact) mass is 343 g/mol. The normalized spacial score (nSPS) is 10.7. The smallest absolute Gasteiger partial charge is 0.164 e. The summed E-state index contributed by atoms with van der Waals surface area (Å²) >= 11 is 4.69. The van der Waals surface area contributed by atoms with Crippen LogP contribution in [0.1, 0.15) is 45.1 Å². The Morgan fingerprint density at radius 2 is 1.58 bits per heavy atom. The quantitative estimate of drug-likeness (QED) is 0.523. The summed E-state index contributed by atoms with van der Waals surface area (Å²) in [4.78, 5) is 3.35. The van der Waals surface area contributed by atoms with Crippen molar-refractivity contribution in [2.45, 2.75) is 51.3 Å². The van der Waals surface area contributed by atoms with E-state index in [4.69, 9.17) is 17.4 Å². The van der Waals surface area contributed by atoms with Gasteiger partial charge in [-0.25, -0.2) is 0 Å². The number of thiol groups is 1. The second-order valence-corrected chi connectivity index (χ2v) is 6.72. The molecule has 0 bridgehead atoms. The van der Waals surface area contributed by atoms with Gasteiger partial charge in [-0.3, -0.25) is 0 Å². The minimum atomic E-state index is 0.851. The van der Waals surface area contributed by atoms with Gasteiger partial charge in [0, 0.05) is 18.0 Å². The van der Waals surface area contributed by atoms with Gasteiger partial charge in [0.15, 0.2) is 5.75 Å². The molecule has 2 aromatic rings. The lowest BCUT2D eigenvalue weighted by atomic mass is 10.1. The molecule has 0 spiro atoms. The summed E-state index contributed by atoms with van der Waals surface area (Å²) < 4.78 is 6.22. The molecule has 0 atom stereocenters. The minimum Gasteiger partial charge on any atom is -0.454 e. The summed E-state index contributed by atoms with van der Waals surface area (Å²) in [6.07, 6.45) is 4.75. The highest BCUT2D eigenvalue weighted by molar-refractivity contribution is 7.80. The molecule has 2 aromatic carbocycles. The number of para-hydroxylation sites is 1. The van der Waals surface area contributed by atoms with Crippen LogP contribution >= 0.6 is 12.6 Å². The van der Waals surface area contributed by atoms with Gasteiger partial charge >= 0.3 is 0 Å². The largest absolute Gasteiger partial charge is 0.454 e. The van der Waals surface area contributed by atoms with Crippen molar-refractivity contribution in [2.75, 3.05) is 18.0 Å². The van der Waals surface area contributed by atoms with E-state index in [2.05, 4.69) is 37.8 Å².